The van der Waals surface area contributed by atoms with Gasteiger partial charge < -0.3 is 5.11 Å². The zero-order chi connectivity index (χ0) is 13.3. The summed E-state index contributed by atoms with van der Waals surface area (Å²) in [5.41, 5.74) is 0.501. The first kappa shape index (κ1) is 13.0. The van der Waals surface area contributed by atoms with Crippen molar-refractivity contribution in [1.82, 2.24) is 4.98 Å². The molecule has 1 heterocycles. The first-order valence-corrected chi connectivity index (χ1v) is 5.89. The molecular weight excluding hydrogens is 253 g/mol. The Balaban J connectivity index is 2.69. The van der Waals surface area contributed by atoms with E-state index in [-0.39, 0.29) is 0 Å². The topological polar surface area (TPSA) is 33.1 Å². The van der Waals surface area contributed by atoms with Gasteiger partial charge in [-0.25, -0.2) is 4.39 Å². The molecule has 0 saturated carbocycles. The van der Waals surface area contributed by atoms with Crippen LogP contribution in [0.25, 0.3) is 11.1 Å². The van der Waals surface area contributed by atoms with Gasteiger partial charge in [0, 0.05) is 16.8 Å². The number of nitrogens with zero attached hydrogens (tertiary/aromatic N) is 1. The molecule has 1 aromatic heterocycles. The average molecular weight is 266 g/mol. The maximum atomic E-state index is 13.8. The van der Waals surface area contributed by atoms with E-state index in [9.17, 15) is 9.50 Å². The molecule has 0 saturated heterocycles. The Morgan fingerprint density at radius 2 is 1.94 bits per heavy atom. The van der Waals surface area contributed by atoms with Gasteiger partial charge in [-0.3, -0.25) is 4.98 Å². The minimum atomic E-state index is -1.10. The summed E-state index contributed by atoms with van der Waals surface area (Å²) in [6.45, 7) is 3.28. The van der Waals surface area contributed by atoms with E-state index in [1.54, 1.807) is 38.1 Å². The van der Waals surface area contributed by atoms with Crippen LogP contribution in [0.2, 0.25) is 5.02 Å². The maximum Gasteiger partial charge on any atom is 0.149 e. The Hall–Kier alpha value is -1.45. The lowest BCUT2D eigenvalue weighted by molar-refractivity contribution is 0.0792. The third kappa shape index (κ3) is 2.52. The fraction of sp³-hybridized carbons (Fsp3) is 0.214. The molecule has 2 nitrogen and oxygen atoms in total. The van der Waals surface area contributed by atoms with Crippen LogP contribution < -0.4 is 0 Å². The van der Waals surface area contributed by atoms with E-state index in [0.717, 1.165) is 6.20 Å². The largest absolute Gasteiger partial charge is 0.386 e. The highest BCUT2D eigenvalue weighted by molar-refractivity contribution is 6.30. The molecule has 2 aromatic rings. The van der Waals surface area contributed by atoms with Crippen molar-refractivity contribution in [3.05, 3.63) is 53.1 Å². The number of hydrogen-bond donors (Lipinski definition) is 1. The predicted octanol–water partition coefficient (Wildman–Crippen LogP) is 3.77. The summed E-state index contributed by atoms with van der Waals surface area (Å²) in [4.78, 5) is 3.72. The zero-order valence-electron chi connectivity index (χ0n) is 10.1. The molecule has 0 aliphatic heterocycles. The number of benzene rings is 1. The molecule has 4 heteroatoms. The smallest absolute Gasteiger partial charge is 0.149 e. The van der Waals surface area contributed by atoms with Crippen LogP contribution in [0.15, 0.2) is 36.7 Å². The minimum Gasteiger partial charge on any atom is -0.386 e. The molecule has 0 unspecified atom stereocenters. The first-order valence-electron chi connectivity index (χ1n) is 5.52. The molecule has 0 atom stereocenters. The van der Waals surface area contributed by atoms with Crippen molar-refractivity contribution < 1.29 is 9.50 Å². The second-order valence-corrected chi connectivity index (χ2v) is 5.04. The highest BCUT2D eigenvalue weighted by Crippen LogP contribution is 2.34. The molecule has 94 valence electrons. The maximum absolute atomic E-state index is 13.8. The van der Waals surface area contributed by atoms with Crippen molar-refractivity contribution in [3.63, 3.8) is 0 Å². The van der Waals surface area contributed by atoms with E-state index >= 15 is 0 Å². The lowest BCUT2D eigenvalue weighted by Crippen LogP contribution is -2.17. The van der Waals surface area contributed by atoms with Crippen LogP contribution >= 0.6 is 11.6 Å². The number of rotatable bonds is 2. The van der Waals surface area contributed by atoms with Crippen LogP contribution in [-0.2, 0) is 5.60 Å². The fourth-order valence-electron chi connectivity index (χ4n) is 1.85. The van der Waals surface area contributed by atoms with E-state index < -0.39 is 11.4 Å². The zero-order valence-corrected chi connectivity index (χ0v) is 10.9. The summed E-state index contributed by atoms with van der Waals surface area (Å²) in [6.07, 6.45) is 2.67. The second-order valence-electron chi connectivity index (χ2n) is 4.60. The van der Waals surface area contributed by atoms with Gasteiger partial charge in [0.1, 0.15) is 5.82 Å². The van der Waals surface area contributed by atoms with Crippen molar-refractivity contribution in [2.24, 2.45) is 0 Å². The molecule has 1 aromatic carbocycles. The molecular formula is C14H13ClFNO. The van der Waals surface area contributed by atoms with Crippen LogP contribution in [0, 0.1) is 5.82 Å². The number of halogens is 2. The fourth-order valence-corrected chi connectivity index (χ4v) is 2.02. The van der Waals surface area contributed by atoms with E-state index in [1.807, 2.05) is 0 Å². The first-order chi connectivity index (χ1) is 8.39. The number of hydrogen-bond acceptors (Lipinski definition) is 2. The summed E-state index contributed by atoms with van der Waals surface area (Å²) in [6, 6.07) is 6.60. The van der Waals surface area contributed by atoms with Gasteiger partial charge in [0.2, 0.25) is 0 Å². The van der Waals surface area contributed by atoms with Gasteiger partial charge in [0.05, 0.1) is 11.8 Å². The molecule has 0 aliphatic rings. The molecule has 1 N–H and O–H groups in total. The highest BCUT2D eigenvalue weighted by atomic mass is 35.5. The van der Waals surface area contributed by atoms with Crippen molar-refractivity contribution in [2.75, 3.05) is 0 Å². The highest BCUT2D eigenvalue weighted by Gasteiger charge is 2.22. The van der Waals surface area contributed by atoms with Crippen molar-refractivity contribution in [2.45, 2.75) is 19.4 Å². The molecule has 0 aliphatic carbocycles. The summed E-state index contributed by atoms with van der Waals surface area (Å²) < 4.78 is 13.8. The quantitative estimate of drug-likeness (QED) is 0.897. The van der Waals surface area contributed by atoms with Gasteiger partial charge in [0.25, 0.3) is 0 Å². The standard InChI is InChI=1S/C14H13ClFNO/c1-14(2,18)12-7-9(15)3-4-10(12)11-5-6-17-8-13(11)16/h3-8,18H,1-2H3. The van der Waals surface area contributed by atoms with Gasteiger partial charge in [-0.1, -0.05) is 17.7 Å². The van der Waals surface area contributed by atoms with Gasteiger partial charge >= 0.3 is 0 Å². The van der Waals surface area contributed by atoms with Crippen molar-refractivity contribution in [1.29, 1.82) is 0 Å². The van der Waals surface area contributed by atoms with Crippen LogP contribution in [0.1, 0.15) is 19.4 Å². The molecule has 0 fully saturated rings. The Bertz CT molecular complexity index is 578. The van der Waals surface area contributed by atoms with E-state index in [4.69, 9.17) is 11.6 Å². The van der Waals surface area contributed by atoms with E-state index in [1.165, 1.54) is 6.20 Å². The van der Waals surface area contributed by atoms with E-state index in [0.29, 0.717) is 21.7 Å². The third-order valence-electron chi connectivity index (χ3n) is 2.70. The predicted molar refractivity (Wildman–Crippen MR) is 69.9 cm³/mol. The van der Waals surface area contributed by atoms with Gasteiger partial charge in [-0.05, 0) is 43.2 Å². The molecule has 2 rings (SSSR count). The van der Waals surface area contributed by atoms with E-state index in [2.05, 4.69) is 4.98 Å². The van der Waals surface area contributed by atoms with Crippen LogP contribution in [0.3, 0.4) is 0 Å². The average Bonchev–Trinajstić information content (AvgIpc) is 2.29. The van der Waals surface area contributed by atoms with Crippen LogP contribution in [0.4, 0.5) is 4.39 Å². The number of aromatic nitrogens is 1. The SMILES string of the molecule is CC(C)(O)c1cc(Cl)ccc1-c1ccncc1F. The summed E-state index contributed by atoms with van der Waals surface area (Å²) >= 11 is 5.93. The molecule has 0 spiro atoms. The summed E-state index contributed by atoms with van der Waals surface area (Å²) in [5, 5.41) is 10.7. The number of aliphatic hydroxyl groups is 1. The lowest BCUT2D eigenvalue weighted by atomic mass is 9.90. The second kappa shape index (κ2) is 4.67. The Kier molecular flexibility index (Phi) is 3.37. The lowest BCUT2D eigenvalue weighted by Gasteiger charge is -2.22. The van der Waals surface area contributed by atoms with Gasteiger partial charge in [0.15, 0.2) is 0 Å². The minimum absolute atomic E-state index is 0.402. The van der Waals surface area contributed by atoms with Gasteiger partial charge in [-0.15, -0.1) is 0 Å². The Morgan fingerprint density at radius 1 is 1.22 bits per heavy atom. The Labute approximate surface area is 110 Å². The third-order valence-corrected chi connectivity index (χ3v) is 2.94. The summed E-state index contributed by atoms with van der Waals surface area (Å²) in [7, 11) is 0. The molecule has 0 amide bonds. The molecule has 18 heavy (non-hydrogen) atoms. The normalized spacial score (nSPS) is 11.6. The van der Waals surface area contributed by atoms with Crippen molar-refractivity contribution >= 4 is 11.6 Å². The van der Waals surface area contributed by atoms with Gasteiger partial charge in [-0.2, -0.15) is 0 Å². The Morgan fingerprint density at radius 3 is 2.56 bits per heavy atom. The van der Waals surface area contributed by atoms with Crippen molar-refractivity contribution in [3.8, 4) is 11.1 Å². The molecule has 0 bridgehead atoms. The van der Waals surface area contributed by atoms with Crippen LogP contribution in [-0.4, -0.2) is 10.1 Å². The monoisotopic (exact) mass is 265 g/mol. The number of pyridine rings is 1. The molecule has 0 radical (unpaired) electrons. The van der Waals surface area contributed by atoms with Crippen LogP contribution in [0.5, 0.6) is 0 Å². The summed E-state index contributed by atoms with van der Waals surface area (Å²) in [5.74, 6) is -0.426.